The van der Waals surface area contributed by atoms with E-state index < -0.39 is 0 Å². The average molecular weight is 332 g/mol. The van der Waals surface area contributed by atoms with Gasteiger partial charge in [-0.05, 0) is 38.0 Å². The fourth-order valence-corrected chi connectivity index (χ4v) is 2.57. The number of nitrogens with zero attached hydrogens (tertiary/aromatic N) is 2. The highest BCUT2D eigenvalue weighted by molar-refractivity contribution is 5.89. The fourth-order valence-electron chi connectivity index (χ4n) is 2.57. The van der Waals surface area contributed by atoms with Gasteiger partial charge in [-0.2, -0.15) is 5.10 Å². The van der Waals surface area contributed by atoms with Crippen molar-refractivity contribution in [3.63, 3.8) is 0 Å². The number of carbonyl (C=O) groups excluding carboxylic acids is 1. The van der Waals surface area contributed by atoms with Crippen LogP contribution in [0.25, 0.3) is 0 Å². The molecule has 7 nitrogen and oxygen atoms in total. The molecule has 7 heteroatoms. The van der Waals surface area contributed by atoms with Gasteiger partial charge in [0.15, 0.2) is 11.5 Å². The monoisotopic (exact) mass is 332 g/mol. The van der Waals surface area contributed by atoms with Gasteiger partial charge in [-0.15, -0.1) is 0 Å². The highest BCUT2D eigenvalue weighted by atomic mass is 16.5. The van der Waals surface area contributed by atoms with Crippen LogP contribution in [0.2, 0.25) is 0 Å². The Morgan fingerprint density at radius 2 is 1.92 bits per heavy atom. The Balaban J connectivity index is 1.89. The highest BCUT2D eigenvalue weighted by Gasteiger charge is 2.10. The van der Waals surface area contributed by atoms with E-state index in [0.29, 0.717) is 23.7 Å². The lowest BCUT2D eigenvalue weighted by Crippen LogP contribution is -2.30. The molecule has 0 aliphatic carbocycles. The molecule has 0 bridgehead atoms. The first-order valence-corrected chi connectivity index (χ1v) is 7.72. The second-order valence-corrected chi connectivity index (χ2v) is 5.47. The molecule has 0 aliphatic rings. The molecule has 0 saturated heterocycles. The largest absolute Gasteiger partial charge is 0.493 e. The van der Waals surface area contributed by atoms with Crippen LogP contribution in [0.5, 0.6) is 11.5 Å². The van der Waals surface area contributed by atoms with E-state index in [4.69, 9.17) is 9.47 Å². The molecule has 2 rings (SSSR count). The maximum Gasteiger partial charge on any atom is 0.319 e. The van der Waals surface area contributed by atoms with Crippen LogP contribution in [0.4, 0.5) is 10.5 Å². The Morgan fingerprint density at radius 3 is 2.50 bits per heavy atom. The number of urea groups is 1. The molecule has 0 unspecified atom stereocenters. The summed E-state index contributed by atoms with van der Waals surface area (Å²) in [6, 6.07) is 4.96. The van der Waals surface area contributed by atoms with Crippen LogP contribution in [0.15, 0.2) is 18.2 Å². The molecule has 0 spiro atoms. The standard InChI is InChI=1S/C17H24N4O3/c1-11-14(12(2)21(3)20-11)8-9-18-17(22)19-13-6-7-15(23-4)16(10-13)24-5/h6-7,10H,8-9H2,1-5H3,(H2,18,19,22). The van der Waals surface area contributed by atoms with E-state index in [0.717, 1.165) is 17.8 Å². The first-order valence-electron chi connectivity index (χ1n) is 7.72. The van der Waals surface area contributed by atoms with Gasteiger partial charge in [-0.25, -0.2) is 4.79 Å². The Kier molecular flexibility index (Phi) is 5.68. The number of ether oxygens (including phenoxy) is 2. The van der Waals surface area contributed by atoms with Crippen molar-refractivity contribution in [1.82, 2.24) is 15.1 Å². The van der Waals surface area contributed by atoms with E-state index >= 15 is 0 Å². The Labute approximate surface area is 142 Å². The number of anilines is 1. The minimum absolute atomic E-state index is 0.263. The molecule has 0 atom stereocenters. The lowest BCUT2D eigenvalue weighted by Gasteiger charge is -2.11. The third-order valence-electron chi connectivity index (χ3n) is 3.96. The fraction of sp³-hybridized carbons (Fsp3) is 0.412. The van der Waals surface area contributed by atoms with Crippen LogP contribution in [0.1, 0.15) is 17.0 Å². The van der Waals surface area contributed by atoms with Crippen LogP contribution in [-0.2, 0) is 13.5 Å². The van der Waals surface area contributed by atoms with E-state index in [1.165, 1.54) is 5.56 Å². The summed E-state index contributed by atoms with van der Waals surface area (Å²) in [5.41, 5.74) is 3.93. The van der Waals surface area contributed by atoms with Crippen LogP contribution in [0, 0.1) is 13.8 Å². The van der Waals surface area contributed by atoms with E-state index in [1.807, 2.05) is 25.6 Å². The predicted octanol–water partition coefficient (Wildman–Crippen LogP) is 2.42. The van der Waals surface area contributed by atoms with Crippen molar-refractivity contribution >= 4 is 11.7 Å². The number of nitrogens with one attached hydrogen (secondary N) is 2. The topological polar surface area (TPSA) is 77.4 Å². The zero-order valence-corrected chi connectivity index (χ0v) is 14.8. The summed E-state index contributed by atoms with van der Waals surface area (Å²) in [5, 5.41) is 10.0. The summed E-state index contributed by atoms with van der Waals surface area (Å²) < 4.78 is 12.2. The molecule has 0 saturated carbocycles. The lowest BCUT2D eigenvalue weighted by molar-refractivity contribution is 0.252. The van der Waals surface area contributed by atoms with Gasteiger partial charge in [-0.3, -0.25) is 4.68 Å². The second-order valence-electron chi connectivity index (χ2n) is 5.47. The van der Waals surface area contributed by atoms with Crippen molar-refractivity contribution in [2.24, 2.45) is 7.05 Å². The van der Waals surface area contributed by atoms with Crippen LogP contribution in [0.3, 0.4) is 0 Å². The normalized spacial score (nSPS) is 10.4. The van der Waals surface area contributed by atoms with Gasteiger partial charge in [-0.1, -0.05) is 0 Å². The quantitative estimate of drug-likeness (QED) is 0.852. The minimum atomic E-state index is -0.263. The third kappa shape index (κ3) is 3.98. The van der Waals surface area contributed by atoms with Crippen LogP contribution in [-0.4, -0.2) is 36.6 Å². The molecule has 1 aromatic carbocycles. The van der Waals surface area contributed by atoms with Gasteiger partial charge in [0, 0.05) is 31.0 Å². The SMILES string of the molecule is COc1ccc(NC(=O)NCCc2c(C)nn(C)c2C)cc1OC. The Morgan fingerprint density at radius 1 is 1.21 bits per heavy atom. The van der Waals surface area contributed by atoms with Crippen molar-refractivity contribution in [1.29, 1.82) is 0 Å². The first-order chi connectivity index (χ1) is 11.5. The number of aryl methyl sites for hydroxylation is 2. The number of carbonyl (C=O) groups is 1. The van der Waals surface area contributed by atoms with Gasteiger partial charge >= 0.3 is 6.03 Å². The van der Waals surface area contributed by atoms with Gasteiger partial charge in [0.05, 0.1) is 19.9 Å². The van der Waals surface area contributed by atoms with Gasteiger partial charge in [0.25, 0.3) is 0 Å². The molecule has 2 aromatic rings. The van der Waals surface area contributed by atoms with E-state index in [2.05, 4.69) is 15.7 Å². The van der Waals surface area contributed by atoms with Gasteiger partial charge < -0.3 is 20.1 Å². The molecule has 130 valence electrons. The maximum atomic E-state index is 12.0. The summed E-state index contributed by atoms with van der Waals surface area (Å²) in [6.07, 6.45) is 0.741. The molecule has 0 aliphatic heterocycles. The second kappa shape index (κ2) is 7.72. The lowest BCUT2D eigenvalue weighted by atomic mass is 10.1. The van der Waals surface area contributed by atoms with E-state index in [9.17, 15) is 4.79 Å². The van der Waals surface area contributed by atoms with Gasteiger partial charge in [0.2, 0.25) is 0 Å². The van der Waals surface area contributed by atoms with Crippen LogP contribution < -0.4 is 20.1 Å². The number of benzene rings is 1. The smallest absolute Gasteiger partial charge is 0.319 e. The minimum Gasteiger partial charge on any atom is -0.493 e. The van der Waals surface area contributed by atoms with Gasteiger partial charge in [0.1, 0.15) is 0 Å². The summed E-state index contributed by atoms with van der Waals surface area (Å²) in [4.78, 5) is 12.0. The summed E-state index contributed by atoms with van der Waals surface area (Å²) in [5.74, 6) is 1.18. The zero-order valence-electron chi connectivity index (χ0n) is 14.8. The molecule has 1 aromatic heterocycles. The number of hydrogen-bond donors (Lipinski definition) is 2. The summed E-state index contributed by atoms with van der Waals surface area (Å²) in [6.45, 7) is 4.54. The first kappa shape index (κ1) is 17.7. The number of hydrogen-bond acceptors (Lipinski definition) is 4. The van der Waals surface area contributed by atoms with E-state index in [1.54, 1.807) is 32.4 Å². The molecular formula is C17H24N4O3. The van der Waals surface area contributed by atoms with Crippen LogP contribution >= 0.6 is 0 Å². The van der Waals surface area contributed by atoms with Crippen molar-refractivity contribution in [2.75, 3.05) is 26.1 Å². The molecule has 0 fully saturated rings. The Bertz CT molecular complexity index is 725. The third-order valence-corrected chi connectivity index (χ3v) is 3.96. The summed E-state index contributed by atoms with van der Waals surface area (Å²) >= 11 is 0. The van der Waals surface area contributed by atoms with Crippen molar-refractivity contribution < 1.29 is 14.3 Å². The number of amides is 2. The molecule has 0 radical (unpaired) electrons. The van der Waals surface area contributed by atoms with Crippen molar-refractivity contribution in [3.05, 3.63) is 35.2 Å². The molecule has 2 N–H and O–H groups in total. The van der Waals surface area contributed by atoms with E-state index in [-0.39, 0.29) is 6.03 Å². The predicted molar refractivity (Wildman–Crippen MR) is 93.0 cm³/mol. The molecule has 24 heavy (non-hydrogen) atoms. The number of rotatable bonds is 6. The molecular weight excluding hydrogens is 308 g/mol. The molecule has 2 amide bonds. The van der Waals surface area contributed by atoms with Crippen molar-refractivity contribution in [2.45, 2.75) is 20.3 Å². The Hall–Kier alpha value is -2.70. The number of aromatic nitrogens is 2. The average Bonchev–Trinajstić information content (AvgIpc) is 2.80. The van der Waals surface area contributed by atoms with Crippen molar-refractivity contribution in [3.8, 4) is 11.5 Å². The maximum absolute atomic E-state index is 12.0. The highest BCUT2D eigenvalue weighted by Crippen LogP contribution is 2.29. The number of methoxy groups -OCH3 is 2. The zero-order chi connectivity index (χ0) is 17.7. The molecule has 1 heterocycles. The summed E-state index contributed by atoms with van der Waals surface area (Å²) in [7, 11) is 5.05.